The highest BCUT2D eigenvalue weighted by Crippen LogP contribution is 2.20. The quantitative estimate of drug-likeness (QED) is 0.927. The van der Waals surface area contributed by atoms with Gasteiger partial charge in [0.05, 0.1) is 12.9 Å². The van der Waals surface area contributed by atoms with Crippen LogP contribution in [0, 0.1) is 11.7 Å². The maximum Gasteiger partial charge on any atom is 0.263 e. The first-order chi connectivity index (χ1) is 11.6. The number of aromatic amines is 1. The van der Waals surface area contributed by atoms with Crippen molar-refractivity contribution in [3.05, 3.63) is 58.5 Å². The summed E-state index contributed by atoms with van der Waals surface area (Å²) >= 11 is 0. The van der Waals surface area contributed by atoms with Crippen molar-refractivity contribution in [3.63, 3.8) is 0 Å². The summed E-state index contributed by atoms with van der Waals surface area (Å²) in [5, 5.41) is 0. The number of likely N-dealkylation sites (tertiary alicyclic amines) is 1. The topological polar surface area (TPSA) is 75.3 Å². The number of amides is 1. The van der Waals surface area contributed by atoms with Crippen LogP contribution in [0.15, 0.2) is 41.6 Å². The molecule has 2 aromatic rings. The summed E-state index contributed by atoms with van der Waals surface area (Å²) in [7, 11) is 0. The van der Waals surface area contributed by atoms with Gasteiger partial charge >= 0.3 is 0 Å². The maximum absolute atomic E-state index is 12.9. The SMILES string of the molecule is O=C(c1cnc[nH]c1=O)N1CCC[C@@H](COc2ccc(F)cc2)C1. The van der Waals surface area contributed by atoms with Gasteiger partial charge in [-0.15, -0.1) is 0 Å². The van der Waals surface area contributed by atoms with Crippen LogP contribution in [0.4, 0.5) is 4.39 Å². The average molecular weight is 331 g/mol. The van der Waals surface area contributed by atoms with E-state index in [1.54, 1.807) is 17.0 Å². The van der Waals surface area contributed by atoms with Crippen LogP contribution < -0.4 is 10.3 Å². The van der Waals surface area contributed by atoms with Crippen molar-refractivity contribution < 1.29 is 13.9 Å². The molecule has 1 aliphatic rings. The molecule has 1 aliphatic heterocycles. The second kappa shape index (κ2) is 7.25. The Labute approximate surface area is 138 Å². The van der Waals surface area contributed by atoms with Crippen LogP contribution in [-0.4, -0.2) is 40.5 Å². The molecule has 1 atom stereocenters. The number of H-pyrrole nitrogens is 1. The Morgan fingerprint density at radius 2 is 2.17 bits per heavy atom. The molecule has 3 rings (SSSR count). The van der Waals surface area contributed by atoms with Crippen LogP contribution in [0.5, 0.6) is 5.75 Å². The number of benzene rings is 1. The zero-order chi connectivity index (χ0) is 16.9. The van der Waals surface area contributed by atoms with Gasteiger partial charge in [0.2, 0.25) is 0 Å². The summed E-state index contributed by atoms with van der Waals surface area (Å²) < 4.78 is 18.6. The third-order valence-corrected chi connectivity index (χ3v) is 4.05. The third-order valence-electron chi connectivity index (χ3n) is 4.05. The average Bonchev–Trinajstić information content (AvgIpc) is 2.61. The van der Waals surface area contributed by atoms with Gasteiger partial charge in [0.15, 0.2) is 0 Å². The Balaban J connectivity index is 1.60. The van der Waals surface area contributed by atoms with Crippen molar-refractivity contribution in [2.24, 2.45) is 5.92 Å². The van der Waals surface area contributed by atoms with Gasteiger partial charge in [0.25, 0.3) is 11.5 Å². The molecular weight excluding hydrogens is 313 g/mol. The number of nitrogens with one attached hydrogen (secondary N) is 1. The minimum absolute atomic E-state index is 0.0533. The van der Waals surface area contributed by atoms with Crippen LogP contribution in [-0.2, 0) is 0 Å². The fraction of sp³-hybridized carbons (Fsp3) is 0.353. The van der Waals surface area contributed by atoms with E-state index in [0.29, 0.717) is 25.4 Å². The van der Waals surface area contributed by atoms with Crippen LogP contribution in [0.2, 0.25) is 0 Å². The van der Waals surface area contributed by atoms with E-state index in [1.165, 1.54) is 24.7 Å². The molecule has 1 N–H and O–H groups in total. The monoisotopic (exact) mass is 331 g/mol. The van der Waals surface area contributed by atoms with Crippen LogP contribution >= 0.6 is 0 Å². The van der Waals surface area contributed by atoms with E-state index >= 15 is 0 Å². The van der Waals surface area contributed by atoms with Crippen LogP contribution in [0.25, 0.3) is 0 Å². The first kappa shape index (κ1) is 16.2. The summed E-state index contributed by atoms with van der Waals surface area (Å²) in [4.78, 5) is 32.1. The Morgan fingerprint density at radius 1 is 1.38 bits per heavy atom. The van der Waals surface area contributed by atoms with Gasteiger partial charge in [0, 0.05) is 25.2 Å². The lowest BCUT2D eigenvalue weighted by atomic mass is 9.98. The summed E-state index contributed by atoms with van der Waals surface area (Å²) in [6, 6.07) is 5.86. The summed E-state index contributed by atoms with van der Waals surface area (Å²) in [5.41, 5.74) is -0.378. The number of nitrogens with zero attached hydrogens (tertiary/aromatic N) is 2. The van der Waals surface area contributed by atoms with E-state index in [1.807, 2.05) is 0 Å². The predicted molar refractivity (Wildman–Crippen MR) is 85.4 cm³/mol. The number of aromatic nitrogens is 2. The standard InChI is InChI=1S/C17H18FN3O3/c18-13-3-5-14(6-4-13)24-10-12-2-1-7-21(9-12)17(23)15-8-19-11-20-16(15)22/h3-6,8,11-12H,1-2,7,9-10H2,(H,19,20,22)/t12-/m1/s1. The number of hydrogen-bond donors (Lipinski definition) is 1. The van der Waals surface area contributed by atoms with E-state index in [9.17, 15) is 14.0 Å². The first-order valence-electron chi connectivity index (χ1n) is 7.84. The van der Waals surface area contributed by atoms with Crippen molar-refractivity contribution in [3.8, 4) is 5.75 Å². The normalized spacial score (nSPS) is 17.5. The van der Waals surface area contributed by atoms with Gasteiger partial charge in [0.1, 0.15) is 17.1 Å². The molecular formula is C17H18FN3O3. The molecule has 1 saturated heterocycles. The fourth-order valence-electron chi connectivity index (χ4n) is 2.80. The first-order valence-corrected chi connectivity index (χ1v) is 7.84. The molecule has 0 bridgehead atoms. The molecule has 0 spiro atoms. The molecule has 6 nitrogen and oxygen atoms in total. The lowest BCUT2D eigenvalue weighted by molar-refractivity contribution is 0.0631. The van der Waals surface area contributed by atoms with E-state index in [-0.39, 0.29) is 23.2 Å². The van der Waals surface area contributed by atoms with Crippen molar-refractivity contribution in [2.45, 2.75) is 12.8 Å². The number of rotatable bonds is 4. The zero-order valence-electron chi connectivity index (χ0n) is 13.1. The summed E-state index contributed by atoms with van der Waals surface area (Å²) in [6.07, 6.45) is 4.34. The fourth-order valence-corrected chi connectivity index (χ4v) is 2.80. The molecule has 0 saturated carbocycles. The molecule has 2 heterocycles. The molecule has 0 radical (unpaired) electrons. The Hall–Kier alpha value is -2.70. The highest BCUT2D eigenvalue weighted by atomic mass is 19.1. The van der Waals surface area contributed by atoms with E-state index in [2.05, 4.69) is 9.97 Å². The number of halogens is 1. The zero-order valence-corrected chi connectivity index (χ0v) is 13.1. The lowest BCUT2D eigenvalue weighted by Gasteiger charge is -2.32. The number of piperidine rings is 1. The minimum atomic E-state index is -0.431. The number of ether oxygens (including phenoxy) is 1. The lowest BCUT2D eigenvalue weighted by Crippen LogP contribution is -2.43. The Morgan fingerprint density at radius 3 is 2.92 bits per heavy atom. The molecule has 24 heavy (non-hydrogen) atoms. The molecule has 0 aliphatic carbocycles. The molecule has 7 heteroatoms. The van der Waals surface area contributed by atoms with Gasteiger partial charge < -0.3 is 14.6 Å². The highest BCUT2D eigenvalue weighted by Gasteiger charge is 2.26. The molecule has 1 aromatic carbocycles. The smallest absolute Gasteiger partial charge is 0.263 e. The number of carbonyl (C=O) groups excluding carboxylic acids is 1. The molecule has 0 unspecified atom stereocenters. The van der Waals surface area contributed by atoms with Gasteiger partial charge in [-0.3, -0.25) is 9.59 Å². The third kappa shape index (κ3) is 3.79. The van der Waals surface area contributed by atoms with Crippen LogP contribution in [0.1, 0.15) is 23.2 Å². The van der Waals surface area contributed by atoms with Gasteiger partial charge in [-0.05, 0) is 37.1 Å². The largest absolute Gasteiger partial charge is 0.493 e. The van der Waals surface area contributed by atoms with E-state index in [0.717, 1.165) is 12.8 Å². The Bertz CT molecular complexity index is 760. The van der Waals surface area contributed by atoms with E-state index < -0.39 is 5.56 Å². The maximum atomic E-state index is 12.9. The van der Waals surface area contributed by atoms with Gasteiger partial charge in [-0.25, -0.2) is 9.37 Å². The van der Waals surface area contributed by atoms with Crippen molar-refractivity contribution >= 4 is 5.91 Å². The molecule has 1 amide bonds. The van der Waals surface area contributed by atoms with Gasteiger partial charge in [-0.2, -0.15) is 0 Å². The second-order valence-corrected chi connectivity index (χ2v) is 5.82. The van der Waals surface area contributed by atoms with E-state index in [4.69, 9.17) is 4.74 Å². The summed E-state index contributed by atoms with van der Waals surface area (Å²) in [6.45, 7) is 1.58. The van der Waals surface area contributed by atoms with Crippen molar-refractivity contribution in [1.82, 2.24) is 14.9 Å². The molecule has 126 valence electrons. The molecule has 1 fully saturated rings. The van der Waals surface area contributed by atoms with Gasteiger partial charge in [-0.1, -0.05) is 0 Å². The molecule has 1 aromatic heterocycles. The minimum Gasteiger partial charge on any atom is -0.493 e. The predicted octanol–water partition coefficient (Wildman–Crippen LogP) is 1.84. The van der Waals surface area contributed by atoms with Crippen LogP contribution in [0.3, 0.4) is 0 Å². The summed E-state index contributed by atoms with van der Waals surface area (Å²) in [5.74, 6) is 0.154. The second-order valence-electron chi connectivity index (χ2n) is 5.82. The van der Waals surface area contributed by atoms with Crippen molar-refractivity contribution in [1.29, 1.82) is 0 Å². The Kier molecular flexibility index (Phi) is 4.88. The highest BCUT2D eigenvalue weighted by molar-refractivity contribution is 5.93. The number of carbonyl (C=O) groups is 1. The van der Waals surface area contributed by atoms with Crippen molar-refractivity contribution in [2.75, 3.05) is 19.7 Å². The number of hydrogen-bond acceptors (Lipinski definition) is 4.